The first-order valence-corrected chi connectivity index (χ1v) is 6.40. The first-order chi connectivity index (χ1) is 9.13. The Hall–Kier alpha value is -1.69. The van der Waals surface area contributed by atoms with E-state index in [-0.39, 0.29) is 6.61 Å². The Morgan fingerprint density at radius 3 is 2.58 bits per heavy atom. The molecule has 2 rings (SSSR count). The molecule has 1 heterocycles. The highest BCUT2D eigenvalue weighted by Crippen LogP contribution is 2.23. The molecule has 0 aliphatic carbocycles. The zero-order valence-corrected chi connectivity index (χ0v) is 11.8. The van der Waals surface area contributed by atoms with Crippen molar-refractivity contribution < 1.29 is 4.74 Å². The summed E-state index contributed by atoms with van der Waals surface area (Å²) in [6, 6.07) is 10.7. The molecule has 0 saturated heterocycles. The van der Waals surface area contributed by atoms with Gasteiger partial charge in [-0.15, -0.1) is 0 Å². The molecule has 0 N–H and O–H groups in total. The number of hydrogen-bond acceptors (Lipinski definition) is 2. The quantitative estimate of drug-likeness (QED) is 0.776. The Morgan fingerprint density at radius 1 is 1.16 bits per heavy atom. The van der Waals surface area contributed by atoms with Gasteiger partial charge in [0, 0.05) is 15.7 Å². The van der Waals surface area contributed by atoms with Gasteiger partial charge in [0.05, 0.1) is 0 Å². The van der Waals surface area contributed by atoms with Gasteiger partial charge < -0.3 is 4.74 Å². The van der Waals surface area contributed by atoms with E-state index in [0.29, 0.717) is 15.8 Å². The van der Waals surface area contributed by atoms with Crippen LogP contribution in [0.15, 0.2) is 36.4 Å². The zero-order valence-electron chi connectivity index (χ0n) is 10.3. The Labute approximate surface area is 122 Å². The van der Waals surface area contributed by atoms with Crippen LogP contribution in [0.4, 0.5) is 0 Å². The van der Waals surface area contributed by atoms with Crippen molar-refractivity contribution in [2.45, 2.75) is 6.92 Å². The van der Waals surface area contributed by atoms with Crippen LogP contribution >= 0.6 is 23.2 Å². The summed E-state index contributed by atoms with van der Waals surface area (Å²) in [6.07, 6.45) is 0. The molecule has 0 bridgehead atoms. The first kappa shape index (κ1) is 13.7. The van der Waals surface area contributed by atoms with E-state index in [9.17, 15) is 0 Å². The average molecular weight is 292 g/mol. The predicted octanol–water partition coefficient (Wildman–Crippen LogP) is 4.13. The van der Waals surface area contributed by atoms with Crippen molar-refractivity contribution in [1.82, 2.24) is 4.98 Å². The van der Waals surface area contributed by atoms with Gasteiger partial charge in [0.2, 0.25) is 0 Å². The van der Waals surface area contributed by atoms with Crippen molar-refractivity contribution in [2.24, 2.45) is 0 Å². The lowest BCUT2D eigenvalue weighted by Gasteiger charge is -2.02. The molecule has 1 aromatic heterocycles. The van der Waals surface area contributed by atoms with Gasteiger partial charge >= 0.3 is 0 Å². The molecule has 0 fully saturated rings. The molecule has 0 radical (unpaired) electrons. The molecule has 0 atom stereocenters. The van der Waals surface area contributed by atoms with E-state index in [1.165, 1.54) is 0 Å². The van der Waals surface area contributed by atoms with E-state index in [0.717, 1.165) is 11.4 Å². The molecule has 0 aliphatic rings. The van der Waals surface area contributed by atoms with Gasteiger partial charge in [-0.3, -0.25) is 0 Å². The third-order valence-electron chi connectivity index (χ3n) is 2.25. The van der Waals surface area contributed by atoms with Gasteiger partial charge in [0.1, 0.15) is 18.1 Å². The average Bonchev–Trinajstić information content (AvgIpc) is 2.34. The summed E-state index contributed by atoms with van der Waals surface area (Å²) in [6.45, 7) is 2.18. The van der Waals surface area contributed by atoms with Crippen LogP contribution in [0.1, 0.15) is 11.4 Å². The van der Waals surface area contributed by atoms with Gasteiger partial charge in [-0.05, 0) is 43.2 Å². The summed E-state index contributed by atoms with van der Waals surface area (Å²) in [5.74, 6) is 6.43. The zero-order chi connectivity index (χ0) is 13.7. The molecule has 4 heteroatoms. The fourth-order valence-electron chi connectivity index (χ4n) is 1.47. The molecular formula is C15H11Cl2NO. The van der Waals surface area contributed by atoms with Crippen LogP contribution in [-0.4, -0.2) is 11.6 Å². The minimum absolute atomic E-state index is 0.256. The van der Waals surface area contributed by atoms with E-state index in [4.69, 9.17) is 27.9 Å². The Kier molecular flexibility index (Phi) is 4.68. The number of benzene rings is 1. The smallest absolute Gasteiger partial charge is 0.149 e. The molecule has 0 spiro atoms. The van der Waals surface area contributed by atoms with Crippen molar-refractivity contribution in [1.29, 1.82) is 0 Å². The van der Waals surface area contributed by atoms with E-state index in [2.05, 4.69) is 16.8 Å². The molecule has 1 aromatic carbocycles. The molecule has 0 saturated carbocycles. The molecule has 0 unspecified atom stereocenters. The lowest BCUT2D eigenvalue weighted by Crippen LogP contribution is -1.94. The number of halogens is 2. The molecule has 2 nitrogen and oxygen atoms in total. The van der Waals surface area contributed by atoms with Gasteiger partial charge in [-0.2, -0.15) is 0 Å². The second-order valence-corrected chi connectivity index (χ2v) is 4.73. The Balaban J connectivity index is 1.97. The van der Waals surface area contributed by atoms with Crippen molar-refractivity contribution in [2.75, 3.05) is 6.61 Å². The summed E-state index contributed by atoms with van der Waals surface area (Å²) in [5.41, 5.74) is 1.67. The van der Waals surface area contributed by atoms with Gasteiger partial charge in [0.15, 0.2) is 0 Å². The van der Waals surface area contributed by atoms with Crippen LogP contribution in [0.5, 0.6) is 5.75 Å². The Bertz CT molecular complexity index is 624. The molecule has 2 aromatic rings. The maximum atomic E-state index is 5.87. The van der Waals surface area contributed by atoms with E-state index >= 15 is 0 Å². The highest BCUT2D eigenvalue weighted by atomic mass is 35.5. The summed E-state index contributed by atoms with van der Waals surface area (Å²) in [7, 11) is 0. The maximum absolute atomic E-state index is 5.87. The largest absolute Gasteiger partial charge is 0.481 e. The predicted molar refractivity (Wildman–Crippen MR) is 77.8 cm³/mol. The molecule has 19 heavy (non-hydrogen) atoms. The molecule has 0 amide bonds. The molecule has 0 aliphatic heterocycles. The van der Waals surface area contributed by atoms with Crippen LogP contribution in [0.3, 0.4) is 0 Å². The van der Waals surface area contributed by atoms with Crippen molar-refractivity contribution in [3.63, 3.8) is 0 Å². The van der Waals surface area contributed by atoms with Gasteiger partial charge in [-0.25, -0.2) is 4.98 Å². The third kappa shape index (κ3) is 4.48. The fourth-order valence-corrected chi connectivity index (χ4v) is 1.98. The fraction of sp³-hybridized carbons (Fsp3) is 0.133. The Morgan fingerprint density at radius 2 is 1.89 bits per heavy atom. The highest BCUT2D eigenvalue weighted by molar-refractivity contribution is 6.34. The van der Waals surface area contributed by atoms with Crippen LogP contribution in [0, 0.1) is 18.8 Å². The highest BCUT2D eigenvalue weighted by Gasteiger charge is 1.97. The number of rotatable bonds is 2. The van der Waals surface area contributed by atoms with Crippen LogP contribution in [0.25, 0.3) is 0 Å². The van der Waals surface area contributed by atoms with Crippen LogP contribution < -0.4 is 4.74 Å². The first-order valence-electron chi connectivity index (χ1n) is 5.65. The number of ether oxygens (including phenoxy) is 1. The summed E-state index contributed by atoms with van der Waals surface area (Å²) >= 11 is 11.7. The third-order valence-corrected chi connectivity index (χ3v) is 2.69. The second-order valence-electron chi connectivity index (χ2n) is 3.86. The van der Waals surface area contributed by atoms with E-state index in [1.807, 2.05) is 25.1 Å². The number of pyridine rings is 1. The topological polar surface area (TPSA) is 22.1 Å². The summed E-state index contributed by atoms with van der Waals surface area (Å²) in [5, 5.41) is 1.08. The SMILES string of the molecule is Cc1cccc(C#CCOc2cc(Cl)cc(Cl)c2)n1. The van der Waals surface area contributed by atoms with Gasteiger partial charge in [0.25, 0.3) is 0 Å². The number of nitrogens with zero attached hydrogens (tertiary/aromatic N) is 1. The minimum Gasteiger partial charge on any atom is -0.481 e. The normalized spacial score (nSPS) is 9.63. The number of aromatic nitrogens is 1. The molecular weight excluding hydrogens is 281 g/mol. The summed E-state index contributed by atoms with van der Waals surface area (Å²) < 4.78 is 5.45. The van der Waals surface area contributed by atoms with Crippen molar-refractivity contribution >= 4 is 23.2 Å². The van der Waals surface area contributed by atoms with Crippen LogP contribution in [0.2, 0.25) is 10.0 Å². The van der Waals surface area contributed by atoms with Gasteiger partial charge in [-0.1, -0.05) is 35.2 Å². The maximum Gasteiger partial charge on any atom is 0.149 e. The molecule has 96 valence electrons. The van der Waals surface area contributed by atoms with Crippen LogP contribution in [-0.2, 0) is 0 Å². The van der Waals surface area contributed by atoms with Crippen molar-refractivity contribution in [3.05, 3.63) is 57.8 Å². The number of aryl methyl sites for hydroxylation is 1. The lowest BCUT2D eigenvalue weighted by atomic mass is 10.3. The standard InChI is InChI=1S/C15H11Cl2NO/c1-11-4-2-5-14(18-11)6-3-7-19-15-9-12(16)8-13(17)10-15/h2,4-5,8-10H,7H2,1H3. The summed E-state index contributed by atoms with van der Waals surface area (Å²) in [4.78, 5) is 4.27. The van der Waals surface area contributed by atoms with Crippen molar-refractivity contribution in [3.8, 4) is 17.6 Å². The van der Waals surface area contributed by atoms with E-state index < -0.39 is 0 Å². The lowest BCUT2D eigenvalue weighted by molar-refractivity contribution is 0.370. The number of hydrogen-bond donors (Lipinski definition) is 0. The minimum atomic E-state index is 0.256. The monoisotopic (exact) mass is 291 g/mol. The van der Waals surface area contributed by atoms with E-state index in [1.54, 1.807) is 18.2 Å². The second kappa shape index (κ2) is 6.47.